The van der Waals surface area contributed by atoms with Crippen molar-refractivity contribution in [2.75, 3.05) is 25.9 Å². The van der Waals surface area contributed by atoms with Gasteiger partial charge in [-0.2, -0.15) is 4.31 Å². The van der Waals surface area contributed by atoms with Crippen LogP contribution in [0.5, 0.6) is 5.75 Å². The van der Waals surface area contributed by atoms with Gasteiger partial charge in [0.2, 0.25) is 10.0 Å². The van der Waals surface area contributed by atoms with Crippen molar-refractivity contribution in [3.8, 4) is 5.75 Å². The van der Waals surface area contributed by atoms with E-state index in [0.29, 0.717) is 24.5 Å². The molecule has 5 nitrogen and oxygen atoms in total. The summed E-state index contributed by atoms with van der Waals surface area (Å²) < 4.78 is 31.4. The van der Waals surface area contributed by atoms with Crippen molar-refractivity contribution in [1.82, 2.24) is 4.31 Å². The van der Waals surface area contributed by atoms with E-state index in [4.69, 9.17) is 10.5 Å². The van der Waals surface area contributed by atoms with Gasteiger partial charge < -0.3 is 10.5 Å². The molecule has 1 rings (SSSR count). The topological polar surface area (TPSA) is 72.6 Å². The first kappa shape index (κ1) is 15.8. The number of methoxy groups -OCH3 is 1. The van der Waals surface area contributed by atoms with Gasteiger partial charge in [0.1, 0.15) is 5.75 Å². The predicted octanol–water partition coefficient (Wildman–Crippen LogP) is 1.94. The first-order chi connectivity index (χ1) is 8.82. The minimum absolute atomic E-state index is 0.202. The average molecular weight is 286 g/mol. The molecule has 0 radical (unpaired) electrons. The summed E-state index contributed by atoms with van der Waals surface area (Å²) in [5.74, 6) is 0.746. The fourth-order valence-corrected chi connectivity index (χ4v) is 3.47. The molecule has 0 amide bonds. The van der Waals surface area contributed by atoms with Gasteiger partial charge in [0.15, 0.2) is 0 Å². The summed E-state index contributed by atoms with van der Waals surface area (Å²) in [6.07, 6.45) is 0. The van der Waals surface area contributed by atoms with E-state index in [1.165, 1.54) is 23.5 Å². The van der Waals surface area contributed by atoms with Gasteiger partial charge in [0.25, 0.3) is 0 Å². The van der Waals surface area contributed by atoms with Gasteiger partial charge in [0.05, 0.1) is 17.7 Å². The van der Waals surface area contributed by atoms with E-state index in [1.54, 1.807) is 6.07 Å². The second-order valence-electron chi connectivity index (χ2n) is 4.75. The lowest BCUT2D eigenvalue weighted by atomic mass is 10.2. The van der Waals surface area contributed by atoms with Gasteiger partial charge in [-0.25, -0.2) is 8.42 Å². The van der Waals surface area contributed by atoms with Crippen LogP contribution in [0.4, 0.5) is 5.69 Å². The van der Waals surface area contributed by atoms with Crippen molar-refractivity contribution >= 4 is 15.7 Å². The minimum atomic E-state index is -3.50. The number of hydrogen-bond acceptors (Lipinski definition) is 4. The molecule has 0 spiro atoms. The Morgan fingerprint density at radius 1 is 1.37 bits per heavy atom. The Balaban J connectivity index is 3.15. The molecule has 0 saturated heterocycles. The molecule has 108 valence electrons. The van der Waals surface area contributed by atoms with Crippen LogP contribution in [-0.4, -0.2) is 32.9 Å². The highest BCUT2D eigenvalue weighted by Gasteiger charge is 2.24. The number of sulfonamides is 1. The van der Waals surface area contributed by atoms with Gasteiger partial charge >= 0.3 is 0 Å². The second kappa shape index (κ2) is 6.25. The maximum Gasteiger partial charge on any atom is 0.243 e. The molecular formula is C13H22N2O3S. The zero-order valence-electron chi connectivity index (χ0n) is 11.9. The molecule has 0 bridgehead atoms. The third-order valence-electron chi connectivity index (χ3n) is 2.76. The monoisotopic (exact) mass is 286 g/mol. The van der Waals surface area contributed by atoms with Gasteiger partial charge in [-0.1, -0.05) is 20.8 Å². The Labute approximate surface area is 115 Å². The van der Waals surface area contributed by atoms with Crippen LogP contribution in [0.25, 0.3) is 0 Å². The zero-order valence-corrected chi connectivity index (χ0v) is 12.7. The maximum absolute atomic E-state index is 12.5. The third-order valence-corrected chi connectivity index (χ3v) is 4.70. The Morgan fingerprint density at radius 3 is 2.42 bits per heavy atom. The number of nitrogen functional groups attached to an aromatic ring is 1. The molecule has 6 heteroatoms. The molecule has 0 fully saturated rings. The Morgan fingerprint density at radius 2 is 2.00 bits per heavy atom. The number of ether oxygens (including phenoxy) is 1. The summed E-state index contributed by atoms with van der Waals surface area (Å²) in [7, 11) is -2.00. The van der Waals surface area contributed by atoms with Gasteiger partial charge in [-0.3, -0.25) is 0 Å². The molecule has 0 heterocycles. The van der Waals surface area contributed by atoms with E-state index in [9.17, 15) is 8.42 Å². The molecule has 0 unspecified atom stereocenters. The van der Waals surface area contributed by atoms with Crippen molar-refractivity contribution in [1.29, 1.82) is 0 Å². The highest BCUT2D eigenvalue weighted by Crippen LogP contribution is 2.26. The number of hydrogen-bond donors (Lipinski definition) is 1. The first-order valence-electron chi connectivity index (χ1n) is 6.26. The van der Waals surface area contributed by atoms with E-state index in [-0.39, 0.29) is 10.8 Å². The maximum atomic E-state index is 12.5. The van der Waals surface area contributed by atoms with Crippen LogP contribution in [0.2, 0.25) is 0 Å². The number of anilines is 1. The van der Waals surface area contributed by atoms with Crippen LogP contribution >= 0.6 is 0 Å². The molecule has 1 aromatic rings. The summed E-state index contributed by atoms with van der Waals surface area (Å²) in [5, 5.41) is 0. The second-order valence-corrected chi connectivity index (χ2v) is 6.69. The fourth-order valence-electron chi connectivity index (χ4n) is 1.83. The van der Waals surface area contributed by atoms with Crippen LogP contribution < -0.4 is 10.5 Å². The number of benzene rings is 1. The van der Waals surface area contributed by atoms with Gasteiger partial charge in [-0.15, -0.1) is 0 Å². The lowest BCUT2D eigenvalue weighted by Gasteiger charge is -2.22. The van der Waals surface area contributed by atoms with Crippen LogP contribution in [0.15, 0.2) is 23.1 Å². The molecule has 0 aliphatic heterocycles. The SMILES string of the molecule is CCN(CC(C)C)S(=O)(=O)c1ccc(OC)c(N)c1. The van der Waals surface area contributed by atoms with Crippen molar-refractivity contribution in [3.05, 3.63) is 18.2 Å². The normalized spacial score (nSPS) is 12.1. The molecule has 0 aromatic heterocycles. The summed E-state index contributed by atoms with van der Waals surface area (Å²) >= 11 is 0. The summed E-state index contributed by atoms with van der Waals surface area (Å²) in [5.41, 5.74) is 6.09. The highest BCUT2D eigenvalue weighted by atomic mass is 32.2. The van der Waals surface area contributed by atoms with E-state index < -0.39 is 10.0 Å². The summed E-state index contributed by atoms with van der Waals surface area (Å²) in [6, 6.07) is 4.54. The molecule has 19 heavy (non-hydrogen) atoms. The molecule has 0 aliphatic carbocycles. The van der Waals surface area contributed by atoms with E-state index in [1.807, 2.05) is 20.8 Å². The molecule has 1 aromatic carbocycles. The molecule has 0 saturated carbocycles. The molecular weight excluding hydrogens is 264 g/mol. The van der Waals surface area contributed by atoms with Crippen molar-refractivity contribution in [2.45, 2.75) is 25.7 Å². The summed E-state index contributed by atoms with van der Waals surface area (Å²) in [4.78, 5) is 0.202. The highest BCUT2D eigenvalue weighted by molar-refractivity contribution is 7.89. The first-order valence-corrected chi connectivity index (χ1v) is 7.70. The molecule has 0 aliphatic rings. The largest absolute Gasteiger partial charge is 0.495 e. The van der Waals surface area contributed by atoms with Crippen LogP contribution in [0, 0.1) is 5.92 Å². The fraction of sp³-hybridized carbons (Fsp3) is 0.538. The van der Waals surface area contributed by atoms with Crippen molar-refractivity contribution < 1.29 is 13.2 Å². The number of rotatable bonds is 6. The average Bonchev–Trinajstić information content (AvgIpc) is 2.35. The standard InChI is InChI=1S/C13H22N2O3S/c1-5-15(9-10(2)3)19(16,17)11-6-7-13(18-4)12(14)8-11/h6-8,10H,5,9,14H2,1-4H3. The Hall–Kier alpha value is -1.27. The summed E-state index contributed by atoms with van der Waals surface area (Å²) in [6.45, 7) is 6.73. The van der Waals surface area contributed by atoms with Crippen molar-refractivity contribution in [3.63, 3.8) is 0 Å². The zero-order chi connectivity index (χ0) is 14.6. The lowest BCUT2D eigenvalue weighted by molar-refractivity contribution is 0.380. The molecule has 0 atom stereocenters. The lowest BCUT2D eigenvalue weighted by Crippen LogP contribution is -2.34. The quantitative estimate of drug-likeness (QED) is 0.811. The minimum Gasteiger partial charge on any atom is -0.495 e. The van der Waals surface area contributed by atoms with E-state index in [0.717, 1.165) is 0 Å². The third kappa shape index (κ3) is 3.61. The van der Waals surface area contributed by atoms with Crippen LogP contribution in [0.3, 0.4) is 0 Å². The number of nitrogens with two attached hydrogens (primary N) is 1. The van der Waals surface area contributed by atoms with Crippen molar-refractivity contribution in [2.24, 2.45) is 5.92 Å². The number of nitrogens with zero attached hydrogens (tertiary/aromatic N) is 1. The van der Waals surface area contributed by atoms with Gasteiger partial charge in [0, 0.05) is 13.1 Å². The predicted molar refractivity (Wildman–Crippen MR) is 76.7 cm³/mol. The molecule has 2 N–H and O–H groups in total. The van der Waals surface area contributed by atoms with E-state index in [2.05, 4.69) is 0 Å². The van der Waals surface area contributed by atoms with Crippen LogP contribution in [-0.2, 0) is 10.0 Å². The van der Waals surface area contributed by atoms with E-state index >= 15 is 0 Å². The van der Waals surface area contributed by atoms with Crippen LogP contribution in [0.1, 0.15) is 20.8 Å². The Kier molecular flexibility index (Phi) is 5.20. The smallest absolute Gasteiger partial charge is 0.243 e. The van der Waals surface area contributed by atoms with Gasteiger partial charge in [-0.05, 0) is 24.1 Å². The Bertz CT molecular complexity index is 527.